The second kappa shape index (κ2) is 10.8. The highest BCUT2D eigenvalue weighted by molar-refractivity contribution is 6.31. The molecule has 0 spiro atoms. The number of nitrogens with one attached hydrogen (secondary N) is 1. The number of piperazine rings is 1. The van der Waals surface area contributed by atoms with E-state index in [0.717, 1.165) is 5.56 Å². The Hall–Kier alpha value is -2.64. The minimum absolute atomic E-state index is 0.00670. The Labute approximate surface area is 193 Å². The first-order valence-corrected chi connectivity index (χ1v) is 11.1. The van der Waals surface area contributed by atoms with Gasteiger partial charge in [-0.05, 0) is 49.7 Å². The van der Waals surface area contributed by atoms with Gasteiger partial charge in [0.15, 0.2) is 6.61 Å². The summed E-state index contributed by atoms with van der Waals surface area (Å²) in [5, 5.41) is 3.22. The van der Waals surface area contributed by atoms with Crippen LogP contribution in [0.1, 0.15) is 32.8 Å². The van der Waals surface area contributed by atoms with Gasteiger partial charge in [0.05, 0.1) is 5.69 Å². The molecule has 1 aliphatic heterocycles. The zero-order valence-corrected chi connectivity index (χ0v) is 19.4. The number of carbonyl (C=O) groups excluding carboxylic acids is 2. The number of hydrogen-bond acceptors (Lipinski definition) is 4. The maximum Gasteiger partial charge on any atom is 0.260 e. The molecule has 1 fully saturated rings. The summed E-state index contributed by atoms with van der Waals surface area (Å²) in [6.45, 7) is 7.70. The zero-order chi connectivity index (χ0) is 23.3. The number of ether oxygens (including phenoxy) is 1. The van der Waals surface area contributed by atoms with Gasteiger partial charge in [0.2, 0.25) is 5.91 Å². The first-order chi connectivity index (χ1) is 15.3. The van der Waals surface area contributed by atoms with Crippen molar-refractivity contribution in [2.24, 2.45) is 0 Å². The largest absolute Gasteiger partial charge is 0.482 e. The van der Waals surface area contributed by atoms with Crippen LogP contribution in [0.5, 0.6) is 5.75 Å². The van der Waals surface area contributed by atoms with Gasteiger partial charge in [-0.25, -0.2) is 4.39 Å². The number of carbonyl (C=O) groups is 2. The van der Waals surface area contributed by atoms with Crippen molar-refractivity contribution in [3.8, 4) is 5.75 Å². The number of rotatable bonds is 7. The van der Waals surface area contributed by atoms with Crippen LogP contribution in [0.15, 0.2) is 42.5 Å². The van der Waals surface area contributed by atoms with Gasteiger partial charge >= 0.3 is 0 Å². The summed E-state index contributed by atoms with van der Waals surface area (Å²) >= 11 is 6.04. The molecular weight excluding hydrogens is 433 g/mol. The number of benzene rings is 2. The van der Waals surface area contributed by atoms with Crippen LogP contribution < -0.4 is 10.1 Å². The lowest BCUT2D eigenvalue weighted by Crippen LogP contribution is -2.58. The van der Waals surface area contributed by atoms with Crippen molar-refractivity contribution in [1.82, 2.24) is 9.80 Å². The molecule has 1 saturated heterocycles. The van der Waals surface area contributed by atoms with Gasteiger partial charge in [-0.2, -0.15) is 0 Å². The molecule has 2 aromatic rings. The average molecular weight is 462 g/mol. The molecule has 2 atom stereocenters. The molecule has 172 valence electrons. The third kappa shape index (κ3) is 6.20. The minimum Gasteiger partial charge on any atom is -0.482 e. The van der Waals surface area contributed by atoms with Crippen LogP contribution in [0.3, 0.4) is 0 Å². The van der Waals surface area contributed by atoms with Crippen LogP contribution in [0.2, 0.25) is 5.02 Å². The molecule has 0 aliphatic carbocycles. The molecule has 0 unspecified atom stereocenters. The molecule has 0 aromatic heterocycles. The maximum atomic E-state index is 13.2. The quantitative estimate of drug-likeness (QED) is 0.666. The van der Waals surface area contributed by atoms with E-state index >= 15 is 0 Å². The van der Waals surface area contributed by atoms with Gasteiger partial charge in [-0.1, -0.05) is 30.7 Å². The summed E-state index contributed by atoms with van der Waals surface area (Å²) in [6, 6.07) is 11.6. The molecular formula is C24H29ClFN3O3. The van der Waals surface area contributed by atoms with Gasteiger partial charge in [-0.3, -0.25) is 14.5 Å². The van der Waals surface area contributed by atoms with Crippen molar-refractivity contribution in [2.45, 2.75) is 45.8 Å². The van der Waals surface area contributed by atoms with E-state index in [9.17, 15) is 14.0 Å². The van der Waals surface area contributed by atoms with Gasteiger partial charge in [0, 0.05) is 43.2 Å². The minimum atomic E-state index is -0.247. The van der Waals surface area contributed by atoms with E-state index in [2.05, 4.69) is 17.1 Å². The van der Waals surface area contributed by atoms with Gasteiger partial charge < -0.3 is 15.0 Å². The fourth-order valence-electron chi connectivity index (χ4n) is 3.78. The smallest absolute Gasteiger partial charge is 0.260 e. The van der Waals surface area contributed by atoms with Gasteiger partial charge in [-0.15, -0.1) is 0 Å². The van der Waals surface area contributed by atoms with Crippen molar-refractivity contribution in [3.05, 3.63) is 58.9 Å². The lowest BCUT2D eigenvalue weighted by atomic mass is 10.1. The SMILES string of the molecule is CCC(=O)Nc1cc(Cl)ccc1OCC(=O)N1C[C@H](C)N(Cc2ccc(F)cc2)C[C@H]1C. The van der Waals surface area contributed by atoms with Crippen LogP contribution in [-0.4, -0.2) is 53.4 Å². The highest BCUT2D eigenvalue weighted by Crippen LogP contribution is 2.28. The third-order valence-electron chi connectivity index (χ3n) is 5.62. The molecule has 0 bridgehead atoms. The molecule has 0 saturated carbocycles. The number of anilines is 1. The zero-order valence-electron chi connectivity index (χ0n) is 18.6. The summed E-state index contributed by atoms with van der Waals surface area (Å²) in [6.07, 6.45) is 0.322. The molecule has 3 rings (SSSR count). The number of halogens is 2. The topological polar surface area (TPSA) is 61.9 Å². The Balaban J connectivity index is 1.59. The molecule has 32 heavy (non-hydrogen) atoms. The Morgan fingerprint density at radius 1 is 1.12 bits per heavy atom. The maximum absolute atomic E-state index is 13.2. The molecule has 1 heterocycles. The number of amides is 2. The van der Waals surface area contributed by atoms with Crippen LogP contribution in [0, 0.1) is 5.82 Å². The Bertz CT molecular complexity index is 954. The second-order valence-corrected chi connectivity index (χ2v) is 8.57. The molecule has 8 heteroatoms. The van der Waals surface area contributed by atoms with Crippen molar-refractivity contribution >= 4 is 29.1 Å². The van der Waals surface area contributed by atoms with Crippen molar-refractivity contribution in [1.29, 1.82) is 0 Å². The lowest BCUT2D eigenvalue weighted by Gasteiger charge is -2.44. The fraction of sp³-hybridized carbons (Fsp3) is 0.417. The number of hydrogen-bond donors (Lipinski definition) is 1. The summed E-state index contributed by atoms with van der Waals surface area (Å²) in [5.41, 5.74) is 1.49. The summed E-state index contributed by atoms with van der Waals surface area (Å²) in [7, 11) is 0. The van der Waals surface area contributed by atoms with E-state index < -0.39 is 0 Å². The summed E-state index contributed by atoms with van der Waals surface area (Å²) in [4.78, 5) is 28.8. The Morgan fingerprint density at radius 2 is 1.84 bits per heavy atom. The van der Waals surface area contributed by atoms with Gasteiger partial charge in [0.1, 0.15) is 11.6 Å². The highest BCUT2D eigenvalue weighted by Gasteiger charge is 2.32. The predicted molar refractivity (Wildman–Crippen MR) is 123 cm³/mol. The summed E-state index contributed by atoms with van der Waals surface area (Å²) in [5.74, 6) is -0.124. The van der Waals surface area contributed by atoms with Crippen LogP contribution in [0.4, 0.5) is 10.1 Å². The van der Waals surface area contributed by atoms with E-state index in [0.29, 0.717) is 42.5 Å². The van der Waals surface area contributed by atoms with E-state index in [-0.39, 0.29) is 36.3 Å². The average Bonchev–Trinajstić information content (AvgIpc) is 2.76. The second-order valence-electron chi connectivity index (χ2n) is 8.13. The van der Waals surface area contributed by atoms with E-state index in [4.69, 9.17) is 16.3 Å². The van der Waals surface area contributed by atoms with Crippen LogP contribution >= 0.6 is 11.6 Å². The van der Waals surface area contributed by atoms with Crippen LogP contribution in [0.25, 0.3) is 0 Å². The molecule has 1 N–H and O–H groups in total. The fourth-order valence-corrected chi connectivity index (χ4v) is 3.95. The van der Waals surface area contributed by atoms with Crippen LogP contribution in [-0.2, 0) is 16.1 Å². The third-order valence-corrected chi connectivity index (χ3v) is 5.86. The first-order valence-electron chi connectivity index (χ1n) is 10.8. The first kappa shape index (κ1) is 24.0. The molecule has 2 aromatic carbocycles. The molecule has 0 radical (unpaired) electrons. The Morgan fingerprint density at radius 3 is 2.53 bits per heavy atom. The van der Waals surface area contributed by atoms with Crippen molar-refractivity contribution in [2.75, 3.05) is 25.0 Å². The Kier molecular flexibility index (Phi) is 8.10. The summed E-state index contributed by atoms with van der Waals surface area (Å²) < 4.78 is 18.9. The predicted octanol–water partition coefficient (Wildman–Crippen LogP) is 4.33. The van der Waals surface area contributed by atoms with E-state index in [1.165, 1.54) is 12.1 Å². The number of nitrogens with zero attached hydrogens (tertiary/aromatic N) is 2. The lowest BCUT2D eigenvalue weighted by molar-refractivity contribution is -0.139. The molecule has 2 amide bonds. The highest BCUT2D eigenvalue weighted by atomic mass is 35.5. The van der Waals surface area contributed by atoms with E-state index in [1.807, 2.05) is 11.8 Å². The monoisotopic (exact) mass is 461 g/mol. The van der Waals surface area contributed by atoms with Gasteiger partial charge in [0.25, 0.3) is 5.91 Å². The normalized spacial score (nSPS) is 19.0. The van der Waals surface area contributed by atoms with E-state index in [1.54, 1.807) is 37.3 Å². The molecule has 1 aliphatic rings. The molecule has 6 nitrogen and oxygen atoms in total. The van der Waals surface area contributed by atoms with Crippen molar-refractivity contribution < 1.29 is 18.7 Å². The standard InChI is InChI=1S/C24H29ClFN3O3/c1-4-23(30)27-21-11-19(25)7-10-22(21)32-15-24(31)29-13-16(2)28(12-17(29)3)14-18-5-8-20(26)9-6-18/h5-11,16-17H,4,12-15H2,1-3H3,(H,27,30)/t16-,17+/m0/s1. The van der Waals surface area contributed by atoms with Crippen molar-refractivity contribution in [3.63, 3.8) is 0 Å².